The van der Waals surface area contributed by atoms with Crippen LogP contribution in [0.15, 0.2) is 29.3 Å². The van der Waals surface area contributed by atoms with Crippen LogP contribution in [0.5, 0.6) is 11.5 Å². The molecule has 0 unspecified atom stereocenters. The van der Waals surface area contributed by atoms with Crippen LogP contribution in [-0.4, -0.2) is 20.3 Å². The van der Waals surface area contributed by atoms with E-state index in [1.165, 1.54) is 20.3 Å². The summed E-state index contributed by atoms with van der Waals surface area (Å²) in [7, 11) is 2.84. The molecule has 108 valence electrons. The van der Waals surface area contributed by atoms with Crippen LogP contribution in [0.1, 0.15) is 5.56 Å². The molecule has 2 aromatic carbocycles. The number of para-hydroxylation sites is 1. The summed E-state index contributed by atoms with van der Waals surface area (Å²) >= 11 is 0. The highest BCUT2D eigenvalue weighted by atomic mass is 19.2. The Labute approximate surface area is 119 Å². The summed E-state index contributed by atoms with van der Waals surface area (Å²) in [4.78, 5) is 4.98. The Morgan fingerprint density at radius 1 is 1.00 bits per heavy atom. The van der Waals surface area contributed by atoms with Gasteiger partial charge in [0.2, 0.25) is 0 Å². The Kier molecular flexibility index (Phi) is 3.08. The number of hydrogen-bond donors (Lipinski definition) is 0. The van der Waals surface area contributed by atoms with E-state index in [2.05, 4.69) is 4.99 Å². The summed E-state index contributed by atoms with van der Waals surface area (Å²) in [6.07, 6.45) is 1.32. The lowest BCUT2D eigenvalue weighted by atomic mass is 10.2. The number of rotatable bonds is 1. The summed E-state index contributed by atoms with van der Waals surface area (Å²) in [6, 6.07) is 6.72. The molecule has 21 heavy (non-hydrogen) atoms. The second kappa shape index (κ2) is 4.80. The van der Waals surface area contributed by atoms with E-state index < -0.39 is 34.6 Å². The molecule has 1 aliphatic heterocycles. The van der Waals surface area contributed by atoms with Crippen molar-refractivity contribution in [2.75, 3.05) is 19.0 Å². The molecule has 1 aliphatic rings. The molecule has 6 heteroatoms. The minimum atomic E-state index is -1.29. The maximum Gasteiger partial charge on any atom is 0.194 e. The van der Waals surface area contributed by atoms with Crippen molar-refractivity contribution in [1.29, 1.82) is 0 Å². The quantitative estimate of drug-likeness (QED) is 0.633. The van der Waals surface area contributed by atoms with Gasteiger partial charge in [-0.3, -0.25) is 0 Å². The predicted molar refractivity (Wildman–Crippen MR) is 74.4 cm³/mol. The van der Waals surface area contributed by atoms with Gasteiger partial charge in [-0.25, -0.2) is 18.2 Å². The normalized spacial score (nSPS) is 12.2. The first kappa shape index (κ1) is 13.5. The molecule has 0 aromatic heterocycles. The molecule has 0 aliphatic carbocycles. The second-order valence-electron chi connectivity index (χ2n) is 4.76. The number of aliphatic imine (C=N–C) groups is 1. The first-order valence-electron chi connectivity index (χ1n) is 6.19. The summed E-state index contributed by atoms with van der Waals surface area (Å²) in [6.45, 7) is 0. The molecule has 3 rings (SSSR count). The van der Waals surface area contributed by atoms with Crippen molar-refractivity contribution in [1.82, 2.24) is 0 Å². The van der Waals surface area contributed by atoms with E-state index >= 15 is 0 Å². The third-order valence-corrected chi connectivity index (χ3v) is 3.14. The van der Waals surface area contributed by atoms with Crippen molar-refractivity contribution in [3.05, 3.63) is 47.3 Å². The van der Waals surface area contributed by atoms with Gasteiger partial charge in [0, 0.05) is 25.9 Å². The Balaban J connectivity index is 2.30. The SMILES string of the molecule is CN(C)c1c(F)c(F)c2c(c1F)Oc1ccccc1C=N2. The van der Waals surface area contributed by atoms with Crippen LogP contribution in [0.2, 0.25) is 0 Å². The van der Waals surface area contributed by atoms with Gasteiger partial charge in [-0.15, -0.1) is 0 Å². The van der Waals surface area contributed by atoms with Gasteiger partial charge in [0.15, 0.2) is 23.2 Å². The summed E-state index contributed by atoms with van der Waals surface area (Å²) in [5, 5.41) is 0. The second-order valence-corrected chi connectivity index (χ2v) is 4.76. The number of ether oxygens (including phenoxy) is 1. The lowest BCUT2D eigenvalue weighted by molar-refractivity contribution is 0.426. The molecular weight excluding hydrogens is 281 g/mol. The van der Waals surface area contributed by atoms with Crippen LogP contribution < -0.4 is 9.64 Å². The molecule has 0 saturated heterocycles. The molecular formula is C15H11F3N2O. The Hall–Kier alpha value is -2.50. The van der Waals surface area contributed by atoms with Gasteiger partial charge >= 0.3 is 0 Å². The van der Waals surface area contributed by atoms with Crippen LogP contribution in [0.3, 0.4) is 0 Å². The predicted octanol–water partition coefficient (Wildman–Crippen LogP) is 4.03. The fourth-order valence-electron chi connectivity index (χ4n) is 2.14. The number of fused-ring (bicyclic) bond motifs is 2. The number of benzene rings is 2. The van der Waals surface area contributed by atoms with Crippen molar-refractivity contribution in [3.8, 4) is 11.5 Å². The fourth-order valence-corrected chi connectivity index (χ4v) is 2.14. The third-order valence-electron chi connectivity index (χ3n) is 3.14. The molecule has 0 spiro atoms. The highest BCUT2D eigenvalue weighted by Crippen LogP contribution is 2.44. The van der Waals surface area contributed by atoms with Crippen molar-refractivity contribution in [3.63, 3.8) is 0 Å². The zero-order chi connectivity index (χ0) is 15.1. The Morgan fingerprint density at radius 3 is 2.43 bits per heavy atom. The van der Waals surface area contributed by atoms with Crippen LogP contribution in [0, 0.1) is 17.5 Å². The zero-order valence-corrected chi connectivity index (χ0v) is 11.3. The summed E-state index contributed by atoms with van der Waals surface area (Å²) < 4.78 is 48.0. The van der Waals surface area contributed by atoms with Gasteiger partial charge in [0.25, 0.3) is 0 Å². The standard InChI is InChI=1S/C15H11F3N2O/c1-20(2)14-11(17)10(16)13-15(12(14)18)21-9-6-4-3-5-8(9)7-19-13/h3-7H,1-2H3. The number of nitrogens with zero attached hydrogens (tertiary/aromatic N) is 2. The third kappa shape index (κ3) is 2.03. The van der Waals surface area contributed by atoms with Crippen LogP contribution in [0.4, 0.5) is 24.5 Å². The molecule has 2 aromatic rings. The monoisotopic (exact) mass is 292 g/mol. The lowest BCUT2D eigenvalue weighted by Gasteiger charge is -2.18. The van der Waals surface area contributed by atoms with Gasteiger partial charge in [-0.1, -0.05) is 12.1 Å². The first-order chi connectivity index (χ1) is 10.0. The van der Waals surface area contributed by atoms with Gasteiger partial charge in [-0.05, 0) is 12.1 Å². The van der Waals surface area contributed by atoms with E-state index in [1.54, 1.807) is 24.3 Å². The number of hydrogen-bond acceptors (Lipinski definition) is 3. The molecule has 3 nitrogen and oxygen atoms in total. The molecule has 0 bridgehead atoms. The molecule has 0 radical (unpaired) electrons. The van der Waals surface area contributed by atoms with Crippen molar-refractivity contribution in [2.45, 2.75) is 0 Å². The number of anilines is 1. The largest absolute Gasteiger partial charge is 0.451 e. The van der Waals surface area contributed by atoms with E-state index in [-0.39, 0.29) is 0 Å². The van der Waals surface area contributed by atoms with Crippen molar-refractivity contribution < 1.29 is 17.9 Å². The van der Waals surface area contributed by atoms with Crippen LogP contribution in [0.25, 0.3) is 0 Å². The summed E-state index contributed by atoms with van der Waals surface area (Å²) in [5.41, 5.74) is -0.424. The molecule has 0 fully saturated rings. The zero-order valence-electron chi connectivity index (χ0n) is 11.3. The minimum absolute atomic E-state index is 0.328. The molecule has 0 amide bonds. The van der Waals surface area contributed by atoms with Gasteiger partial charge in [-0.2, -0.15) is 0 Å². The highest BCUT2D eigenvalue weighted by molar-refractivity contribution is 5.88. The smallest absolute Gasteiger partial charge is 0.194 e. The van der Waals surface area contributed by atoms with Crippen molar-refractivity contribution in [2.24, 2.45) is 4.99 Å². The van der Waals surface area contributed by atoms with Crippen LogP contribution in [-0.2, 0) is 0 Å². The van der Waals surface area contributed by atoms with Gasteiger partial charge < -0.3 is 9.64 Å². The maximum atomic E-state index is 14.5. The Bertz CT molecular complexity index is 757. The summed E-state index contributed by atoms with van der Waals surface area (Å²) in [5.74, 6) is -3.60. The minimum Gasteiger partial charge on any atom is -0.451 e. The molecule has 0 atom stereocenters. The average Bonchev–Trinajstić information content (AvgIpc) is 2.64. The van der Waals surface area contributed by atoms with Gasteiger partial charge in [0.05, 0.1) is 0 Å². The maximum absolute atomic E-state index is 14.5. The molecule has 1 heterocycles. The highest BCUT2D eigenvalue weighted by Gasteiger charge is 2.29. The van der Waals surface area contributed by atoms with E-state index in [4.69, 9.17) is 4.74 Å². The topological polar surface area (TPSA) is 24.8 Å². The van der Waals surface area contributed by atoms with E-state index in [0.29, 0.717) is 11.3 Å². The Morgan fingerprint density at radius 2 is 1.71 bits per heavy atom. The van der Waals surface area contributed by atoms with E-state index in [0.717, 1.165) is 4.90 Å². The molecule has 0 saturated carbocycles. The van der Waals surface area contributed by atoms with E-state index in [9.17, 15) is 13.2 Å². The van der Waals surface area contributed by atoms with Gasteiger partial charge in [0.1, 0.15) is 17.1 Å². The molecule has 0 N–H and O–H groups in total. The first-order valence-corrected chi connectivity index (χ1v) is 6.19. The lowest BCUT2D eigenvalue weighted by Crippen LogP contribution is -2.14. The van der Waals surface area contributed by atoms with Crippen molar-refractivity contribution >= 4 is 17.6 Å². The van der Waals surface area contributed by atoms with E-state index in [1.807, 2.05) is 0 Å². The fraction of sp³-hybridized carbons (Fsp3) is 0.133. The van der Waals surface area contributed by atoms with Crippen LogP contribution >= 0.6 is 0 Å². The number of halogens is 3. The average molecular weight is 292 g/mol.